The van der Waals surface area contributed by atoms with Gasteiger partial charge in [-0.05, 0) is 101 Å². The number of piperazine rings is 1. The molecule has 0 radical (unpaired) electrons. The Balaban J connectivity index is 0.999. The molecule has 4 aliphatic heterocycles. The summed E-state index contributed by atoms with van der Waals surface area (Å²) in [6.07, 6.45) is -1.35. The lowest BCUT2D eigenvalue weighted by Gasteiger charge is -2.38. The molecule has 8 atom stereocenters. The number of hydrogen-bond acceptors (Lipinski definition) is 12. The second-order valence-corrected chi connectivity index (χ2v) is 20.6. The van der Waals surface area contributed by atoms with Crippen molar-refractivity contribution in [3.05, 3.63) is 112 Å². The predicted molar refractivity (Wildman–Crippen MR) is 281 cm³/mol. The van der Waals surface area contributed by atoms with E-state index in [-0.39, 0.29) is 79.3 Å². The Morgan fingerprint density at radius 1 is 0.588 bits per heavy atom. The van der Waals surface area contributed by atoms with Crippen LogP contribution in [0.25, 0.3) is 22.1 Å². The zero-order valence-electron chi connectivity index (χ0n) is 44.5. The second-order valence-electron chi connectivity index (χ2n) is 20.6. The number of para-hydroxylation sites is 1. The Morgan fingerprint density at radius 2 is 1.02 bits per heavy atom. The van der Waals surface area contributed by atoms with E-state index in [2.05, 4.69) is 20.6 Å². The fourth-order valence-electron chi connectivity index (χ4n) is 12.0. The van der Waals surface area contributed by atoms with Crippen molar-refractivity contribution in [2.75, 3.05) is 75.3 Å². The molecule has 10 rings (SSSR count). The smallest absolute Gasteiger partial charge is 0.407 e. The van der Waals surface area contributed by atoms with E-state index in [1.807, 2.05) is 0 Å². The Kier molecular flexibility index (Phi) is 15.8. The van der Waals surface area contributed by atoms with Gasteiger partial charge in [-0.15, -0.1) is 0 Å². The highest BCUT2D eigenvalue weighted by molar-refractivity contribution is 5.88. The monoisotopic (exact) mass is 1120 g/mol. The summed E-state index contributed by atoms with van der Waals surface area (Å²) < 4.78 is 113. The van der Waals surface area contributed by atoms with Crippen molar-refractivity contribution in [2.24, 2.45) is 0 Å². The van der Waals surface area contributed by atoms with Gasteiger partial charge in [-0.2, -0.15) is 0 Å². The maximum absolute atomic E-state index is 17.0. The number of amides is 4. The lowest BCUT2D eigenvalue weighted by molar-refractivity contribution is -0.138. The number of carboxylic acid groups (broad SMARTS) is 1. The molecule has 6 aromatic rings. The van der Waals surface area contributed by atoms with Gasteiger partial charge in [0.2, 0.25) is 11.8 Å². The molecule has 0 bridgehead atoms. The highest BCUT2D eigenvalue weighted by atomic mass is 19.2. The number of ether oxygens (including phenoxy) is 3. The van der Waals surface area contributed by atoms with E-state index >= 15 is 17.6 Å². The fraction of sp³-hybridized carbons (Fsp3) is 0.455. The Bertz CT molecular complexity index is 3300. The fourth-order valence-corrected chi connectivity index (χ4v) is 12.0. The van der Waals surface area contributed by atoms with Crippen LogP contribution < -0.4 is 25.3 Å². The van der Waals surface area contributed by atoms with Crippen molar-refractivity contribution >= 4 is 63.1 Å². The molecule has 5 N–H and O–H groups in total. The van der Waals surface area contributed by atoms with Gasteiger partial charge in [0.25, 0.3) is 0 Å². The topological polar surface area (TPSA) is 214 Å². The molecule has 0 spiro atoms. The first kappa shape index (κ1) is 55.5. The molecule has 4 aromatic carbocycles. The first-order valence-electron chi connectivity index (χ1n) is 26.5. The van der Waals surface area contributed by atoms with Crippen molar-refractivity contribution in [2.45, 2.75) is 101 Å². The van der Waals surface area contributed by atoms with Gasteiger partial charge in [0.1, 0.15) is 58.4 Å². The quantitative estimate of drug-likeness (QED) is 0.0612. The van der Waals surface area contributed by atoms with Crippen LogP contribution in [0.5, 0.6) is 0 Å². The Morgan fingerprint density at radius 3 is 1.45 bits per heavy atom. The number of carbonyl (C=O) groups is 4. The third kappa shape index (κ3) is 10.5. The molecule has 6 heterocycles. The number of halogens is 6. The van der Waals surface area contributed by atoms with E-state index in [0.717, 1.165) is 24.3 Å². The highest BCUT2D eigenvalue weighted by Gasteiger charge is 2.43. The maximum Gasteiger partial charge on any atom is 0.407 e. The number of alkyl carbamates (subject to hydrolysis) is 1. The summed E-state index contributed by atoms with van der Waals surface area (Å²) in [7, 11) is 3.94. The van der Waals surface area contributed by atoms with Crippen LogP contribution in [0.4, 0.5) is 53.0 Å². The molecule has 4 amide bonds. The molecule has 4 saturated heterocycles. The number of H-pyrrole nitrogens is 2. The third-order valence-electron chi connectivity index (χ3n) is 16.1. The average molecular weight is 1120 g/mol. The van der Waals surface area contributed by atoms with Crippen molar-refractivity contribution in [1.82, 2.24) is 40.4 Å². The van der Waals surface area contributed by atoms with Crippen LogP contribution in [0.3, 0.4) is 0 Å². The normalized spacial score (nSPS) is 21.1. The number of anilines is 3. The number of aromatic nitrogens is 4. The number of methoxy groups -OCH3 is 3. The molecule has 2 aromatic heterocycles. The molecule has 4 fully saturated rings. The number of nitrogens with one attached hydrogen (secondary N) is 4. The van der Waals surface area contributed by atoms with Gasteiger partial charge in [0, 0.05) is 70.3 Å². The van der Waals surface area contributed by atoms with Gasteiger partial charge in [0.05, 0.1) is 65.6 Å². The molecule has 4 aliphatic rings. The lowest BCUT2D eigenvalue weighted by Crippen LogP contribution is -2.54. The Labute approximate surface area is 455 Å². The van der Waals surface area contributed by atoms with Crippen molar-refractivity contribution in [3.63, 3.8) is 0 Å². The van der Waals surface area contributed by atoms with Crippen molar-refractivity contribution in [3.8, 4) is 0 Å². The summed E-state index contributed by atoms with van der Waals surface area (Å²) in [6.45, 7) is 3.91. The molecule has 0 aliphatic carbocycles. The molecule has 19 nitrogen and oxygen atoms in total. The molecule has 426 valence electrons. The van der Waals surface area contributed by atoms with Gasteiger partial charge >= 0.3 is 12.2 Å². The summed E-state index contributed by atoms with van der Waals surface area (Å²) in [5, 5.41) is 14.3. The molecular weight excluding hydrogens is 1060 g/mol. The predicted octanol–water partition coefficient (Wildman–Crippen LogP) is 8.44. The SMILES string of the molecule is COC(=O)N[C@H](C(=O)N1CCC[C@H]1c1nc2cc([C@@H]3CC[C@@H](c4cc5nc([C@@H]6CCCN6C(=O)[C@@H](NC(=O)O)[C@@H](C)OC)[nH]c5cc4F)N3c3cc(F)c(N4CCN(c5c(F)cccc5F)CC4)c(F)c3)c(F)cc2[nH]1)[C@@H](C)OC. The van der Waals surface area contributed by atoms with E-state index in [1.54, 1.807) is 23.6 Å². The van der Waals surface area contributed by atoms with E-state index in [1.165, 1.54) is 66.4 Å². The van der Waals surface area contributed by atoms with Crippen LogP contribution in [0.1, 0.15) is 99.3 Å². The number of carbonyl (C=O) groups excluding carboxylic acids is 3. The van der Waals surface area contributed by atoms with E-state index in [4.69, 9.17) is 24.2 Å². The summed E-state index contributed by atoms with van der Waals surface area (Å²) in [5.74, 6) is -5.21. The number of likely N-dealkylation sites (tertiary alicyclic amines) is 2. The molecule has 0 saturated carbocycles. The first-order valence-corrected chi connectivity index (χ1v) is 26.5. The highest BCUT2D eigenvalue weighted by Crippen LogP contribution is 2.50. The van der Waals surface area contributed by atoms with E-state index < -0.39 is 107 Å². The van der Waals surface area contributed by atoms with Crippen LogP contribution in [0.15, 0.2) is 54.6 Å². The number of hydrogen-bond donors (Lipinski definition) is 5. The van der Waals surface area contributed by atoms with Crippen molar-refractivity contribution in [1.29, 1.82) is 0 Å². The van der Waals surface area contributed by atoms with Crippen LogP contribution in [-0.4, -0.2) is 144 Å². The van der Waals surface area contributed by atoms with Crippen LogP contribution >= 0.6 is 0 Å². The molecule has 80 heavy (non-hydrogen) atoms. The lowest BCUT2D eigenvalue weighted by atomic mass is 10.0. The second kappa shape index (κ2) is 22.7. The molecule has 25 heteroatoms. The number of rotatable bonds is 15. The van der Waals surface area contributed by atoms with Crippen LogP contribution in [-0.2, 0) is 23.8 Å². The number of imidazole rings is 2. The first-order chi connectivity index (χ1) is 38.4. The van der Waals surface area contributed by atoms with Crippen molar-refractivity contribution < 1.29 is 64.8 Å². The standard InChI is InChI=1S/C55H61F6N11O8/c1-27(78-3)46(66-54(75)76)52(73)70-15-7-11-44(70)50-62-38-23-30(34(58)25-40(38)64-50)42-13-14-43(72(42)29-21-36(60)49(37(61)22-29)69-19-17-68(18-20-69)48-32(56)9-6-10-33(48)57)31-24-39-41(26-35(31)59)65-51(63-39)45-12-8-16-71(45)53(74)47(28(2)79-4)67-55(77)80-5/h6,9-10,21-28,42-47,66H,7-8,11-20H2,1-5H3,(H,62,64)(H,63,65)(H,67,77)(H,75,76)/t27-,28-,42+,43+,44+,45+,46+,47+/m1/s1. The van der Waals surface area contributed by atoms with Gasteiger partial charge in [-0.1, -0.05) is 6.07 Å². The van der Waals surface area contributed by atoms with Crippen LogP contribution in [0.2, 0.25) is 0 Å². The number of benzene rings is 4. The third-order valence-corrected chi connectivity index (χ3v) is 16.1. The summed E-state index contributed by atoms with van der Waals surface area (Å²) in [5.41, 5.74) is 0.699. The van der Waals surface area contributed by atoms with Gasteiger partial charge < -0.3 is 64.4 Å². The minimum absolute atomic E-state index is 0.00651. The van der Waals surface area contributed by atoms with E-state index in [9.17, 15) is 33.1 Å². The number of fused-ring (bicyclic) bond motifs is 2. The number of nitrogens with zero attached hydrogens (tertiary/aromatic N) is 7. The average Bonchev–Trinajstić information content (AvgIpc) is 4.31. The summed E-state index contributed by atoms with van der Waals surface area (Å²) in [4.78, 5) is 75.5. The largest absolute Gasteiger partial charge is 0.465 e. The summed E-state index contributed by atoms with van der Waals surface area (Å²) >= 11 is 0. The molecule has 0 unspecified atom stereocenters. The van der Waals surface area contributed by atoms with Gasteiger partial charge in [0.15, 0.2) is 11.6 Å². The minimum atomic E-state index is -1.41. The maximum atomic E-state index is 17.0. The van der Waals surface area contributed by atoms with E-state index in [0.29, 0.717) is 60.4 Å². The van der Waals surface area contributed by atoms with Gasteiger partial charge in [-0.25, -0.2) is 45.9 Å². The minimum Gasteiger partial charge on any atom is -0.465 e. The van der Waals surface area contributed by atoms with Gasteiger partial charge in [-0.3, -0.25) is 9.59 Å². The van der Waals surface area contributed by atoms with Crippen LogP contribution in [0, 0.1) is 34.9 Å². The zero-order valence-corrected chi connectivity index (χ0v) is 44.5. The molecular formula is C55H61F6N11O8. The zero-order chi connectivity index (χ0) is 56.8. The summed E-state index contributed by atoms with van der Waals surface area (Å²) in [6, 6.07) is 5.76. The Hall–Kier alpha value is -7.80. The number of aromatic amines is 2.